The largest absolute Gasteiger partial charge is 0.464 e. The second-order valence-corrected chi connectivity index (χ2v) is 4.50. The van der Waals surface area contributed by atoms with Gasteiger partial charge in [0.25, 0.3) is 0 Å². The summed E-state index contributed by atoms with van der Waals surface area (Å²) in [5.74, 6) is 0.805. The molecule has 0 fully saturated rings. The normalized spacial score (nSPS) is 11.6. The van der Waals surface area contributed by atoms with Gasteiger partial charge in [0.05, 0.1) is 6.61 Å². The quantitative estimate of drug-likeness (QED) is 0.625. The highest BCUT2D eigenvalue weighted by molar-refractivity contribution is 5.76. The minimum absolute atomic E-state index is 0.00442. The number of anilines is 2. The maximum absolute atomic E-state index is 11.7. The lowest BCUT2D eigenvalue weighted by atomic mass is 10.2. The Balaban J connectivity index is 2.50. The summed E-state index contributed by atoms with van der Waals surface area (Å²) >= 11 is 0. The lowest BCUT2D eigenvalue weighted by Crippen LogP contribution is -2.33. The standard InChI is InChI=1S/C13H24N6O2/c1-5-9(3)16-10(20)7-8-15-12-17-11(14-4)18-13(19-12)21-6-2/h9H,5-8H2,1-4H3,(H,16,20)(H2,14,15,17,18,19). The molecule has 0 aliphatic carbocycles. The third kappa shape index (κ3) is 6.24. The van der Waals surface area contributed by atoms with E-state index in [0.29, 0.717) is 31.5 Å². The fraction of sp³-hybridized carbons (Fsp3) is 0.692. The summed E-state index contributed by atoms with van der Waals surface area (Å²) in [5.41, 5.74) is 0. The van der Waals surface area contributed by atoms with Gasteiger partial charge in [-0.05, 0) is 20.3 Å². The van der Waals surface area contributed by atoms with E-state index < -0.39 is 0 Å². The Hall–Kier alpha value is -2.12. The summed E-state index contributed by atoms with van der Waals surface area (Å²) in [6.45, 7) is 6.79. The molecule has 1 heterocycles. The molecule has 1 atom stereocenters. The molecule has 8 heteroatoms. The van der Waals surface area contributed by atoms with Crippen LogP contribution in [0.2, 0.25) is 0 Å². The maximum atomic E-state index is 11.7. The zero-order valence-electron chi connectivity index (χ0n) is 13.1. The molecule has 0 radical (unpaired) electrons. The smallest absolute Gasteiger partial charge is 0.323 e. The van der Waals surface area contributed by atoms with Crippen LogP contribution < -0.4 is 20.7 Å². The molecule has 1 aromatic rings. The van der Waals surface area contributed by atoms with E-state index >= 15 is 0 Å². The van der Waals surface area contributed by atoms with E-state index in [1.165, 1.54) is 0 Å². The Kier molecular flexibility index (Phi) is 7.20. The van der Waals surface area contributed by atoms with E-state index in [4.69, 9.17) is 4.74 Å². The number of ether oxygens (including phenoxy) is 1. The van der Waals surface area contributed by atoms with Crippen LogP contribution in [0.15, 0.2) is 0 Å². The van der Waals surface area contributed by atoms with Gasteiger partial charge in [0.1, 0.15) is 0 Å². The number of carbonyl (C=O) groups excluding carboxylic acids is 1. The highest BCUT2D eigenvalue weighted by atomic mass is 16.5. The molecule has 1 amide bonds. The minimum Gasteiger partial charge on any atom is -0.464 e. The van der Waals surface area contributed by atoms with Crippen molar-refractivity contribution >= 4 is 17.8 Å². The molecule has 0 aliphatic heterocycles. The van der Waals surface area contributed by atoms with E-state index in [1.807, 2.05) is 20.8 Å². The fourth-order valence-electron chi connectivity index (χ4n) is 1.48. The monoisotopic (exact) mass is 296 g/mol. The molecule has 8 nitrogen and oxygen atoms in total. The summed E-state index contributed by atoms with van der Waals surface area (Å²) < 4.78 is 5.26. The molecule has 21 heavy (non-hydrogen) atoms. The van der Waals surface area contributed by atoms with Gasteiger partial charge in [-0.2, -0.15) is 15.0 Å². The first kappa shape index (κ1) is 16.9. The second kappa shape index (κ2) is 8.93. The Morgan fingerprint density at radius 2 is 1.95 bits per heavy atom. The number of hydrogen-bond acceptors (Lipinski definition) is 7. The molecule has 1 unspecified atom stereocenters. The summed E-state index contributed by atoms with van der Waals surface area (Å²) in [6, 6.07) is 0.443. The minimum atomic E-state index is 0.00442. The van der Waals surface area contributed by atoms with Crippen LogP contribution in [0.25, 0.3) is 0 Å². The molecule has 118 valence electrons. The highest BCUT2D eigenvalue weighted by Gasteiger charge is 2.08. The first-order chi connectivity index (χ1) is 10.1. The predicted molar refractivity (Wildman–Crippen MR) is 81.5 cm³/mol. The van der Waals surface area contributed by atoms with Gasteiger partial charge in [-0.25, -0.2) is 0 Å². The number of carbonyl (C=O) groups is 1. The van der Waals surface area contributed by atoms with Crippen molar-refractivity contribution in [2.45, 2.75) is 39.7 Å². The number of aromatic nitrogens is 3. The van der Waals surface area contributed by atoms with Crippen LogP contribution >= 0.6 is 0 Å². The lowest BCUT2D eigenvalue weighted by molar-refractivity contribution is -0.121. The zero-order chi connectivity index (χ0) is 15.7. The molecule has 1 rings (SSSR count). The molecule has 1 aromatic heterocycles. The summed E-state index contributed by atoms with van der Waals surface area (Å²) in [5, 5.41) is 8.74. The SMILES string of the molecule is CCOc1nc(NC)nc(NCCC(=O)NC(C)CC)n1. The molecule has 0 saturated carbocycles. The predicted octanol–water partition coefficient (Wildman–Crippen LogP) is 1.03. The topological polar surface area (TPSA) is 101 Å². The Morgan fingerprint density at radius 3 is 2.57 bits per heavy atom. The van der Waals surface area contributed by atoms with Gasteiger partial charge < -0.3 is 20.7 Å². The molecular weight excluding hydrogens is 272 g/mol. The maximum Gasteiger partial charge on any atom is 0.323 e. The zero-order valence-corrected chi connectivity index (χ0v) is 13.1. The van der Waals surface area contributed by atoms with E-state index in [0.717, 1.165) is 6.42 Å². The van der Waals surface area contributed by atoms with Gasteiger partial charge in [-0.3, -0.25) is 4.79 Å². The second-order valence-electron chi connectivity index (χ2n) is 4.50. The molecule has 0 aliphatic rings. The number of nitrogens with zero attached hydrogens (tertiary/aromatic N) is 3. The van der Waals surface area contributed by atoms with Crippen LogP contribution in [0, 0.1) is 0 Å². The first-order valence-electron chi connectivity index (χ1n) is 7.18. The number of hydrogen-bond donors (Lipinski definition) is 3. The molecule has 0 bridgehead atoms. The molecule has 0 saturated heterocycles. The molecule has 3 N–H and O–H groups in total. The third-order valence-corrected chi connectivity index (χ3v) is 2.77. The van der Waals surface area contributed by atoms with Crippen molar-refractivity contribution in [3.05, 3.63) is 0 Å². The van der Waals surface area contributed by atoms with Crippen LogP contribution in [0.5, 0.6) is 6.01 Å². The van der Waals surface area contributed by atoms with Crippen LogP contribution in [-0.2, 0) is 4.79 Å². The number of nitrogens with one attached hydrogen (secondary N) is 3. The van der Waals surface area contributed by atoms with Crippen molar-refractivity contribution in [2.24, 2.45) is 0 Å². The number of rotatable bonds is 9. The van der Waals surface area contributed by atoms with Crippen LogP contribution in [0.3, 0.4) is 0 Å². The third-order valence-electron chi connectivity index (χ3n) is 2.77. The van der Waals surface area contributed by atoms with Gasteiger partial charge >= 0.3 is 6.01 Å². The van der Waals surface area contributed by atoms with Gasteiger partial charge in [0.15, 0.2) is 0 Å². The fourth-order valence-corrected chi connectivity index (χ4v) is 1.48. The van der Waals surface area contributed by atoms with Crippen molar-refractivity contribution in [3.8, 4) is 6.01 Å². The average molecular weight is 296 g/mol. The van der Waals surface area contributed by atoms with Crippen molar-refractivity contribution in [3.63, 3.8) is 0 Å². The summed E-state index contributed by atoms with van der Waals surface area (Å²) in [4.78, 5) is 24.0. The Bertz CT molecular complexity index is 454. The molecular formula is C13H24N6O2. The average Bonchev–Trinajstić information content (AvgIpc) is 2.47. The Morgan fingerprint density at radius 1 is 1.24 bits per heavy atom. The van der Waals surface area contributed by atoms with E-state index in [2.05, 4.69) is 30.9 Å². The Labute approximate surface area is 125 Å². The van der Waals surface area contributed by atoms with Crippen molar-refractivity contribution < 1.29 is 9.53 Å². The van der Waals surface area contributed by atoms with E-state index in [-0.39, 0.29) is 18.0 Å². The van der Waals surface area contributed by atoms with E-state index in [9.17, 15) is 4.79 Å². The molecule has 0 aromatic carbocycles. The van der Waals surface area contributed by atoms with Gasteiger partial charge in [-0.1, -0.05) is 6.92 Å². The van der Waals surface area contributed by atoms with Crippen molar-refractivity contribution in [2.75, 3.05) is 30.8 Å². The van der Waals surface area contributed by atoms with Gasteiger partial charge in [-0.15, -0.1) is 0 Å². The van der Waals surface area contributed by atoms with Gasteiger partial charge in [0.2, 0.25) is 17.8 Å². The van der Waals surface area contributed by atoms with Crippen molar-refractivity contribution in [1.29, 1.82) is 0 Å². The van der Waals surface area contributed by atoms with Crippen LogP contribution in [0.4, 0.5) is 11.9 Å². The highest BCUT2D eigenvalue weighted by Crippen LogP contribution is 2.10. The summed E-state index contributed by atoms with van der Waals surface area (Å²) in [6.07, 6.45) is 1.27. The van der Waals surface area contributed by atoms with Crippen LogP contribution in [-0.4, -0.2) is 47.1 Å². The first-order valence-corrected chi connectivity index (χ1v) is 7.18. The number of amides is 1. The van der Waals surface area contributed by atoms with Gasteiger partial charge in [0, 0.05) is 26.1 Å². The summed E-state index contributed by atoms with van der Waals surface area (Å²) in [7, 11) is 1.72. The molecule has 0 spiro atoms. The van der Waals surface area contributed by atoms with Crippen LogP contribution in [0.1, 0.15) is 33.6 Å². The van der Waals surface area contributed by atoms with E-state index in [1.54, 1.807) is 7.05 Å². The van der Waals surface area contributed by atoms with Crippen molar-refractivity contribution in [1.82, 2.24) is 20.3 Å². The lowest BCUT2D eigenvalue weighted by Gasteiger charge is -2.12.